The number of nitrogens with one attached hydrogen (secondary N) is 3. The molecule has 18 heteroatoms. The third-order valence-corrected chi connectivity index (χ3v) is 11.2. The predicted octanol–water partition coefficient (Wildman–Crippen LogP) is 5.96. The van der Waals surface area contributed by atoms with Gasteiger partial charge in [-0.15, -0.1) is 22.7 Å². The largest absolute Gasteiger partial charge is 0.397 e. The monoisotopic (exact) mass is 734 g/mol. The Kier molecular flexibility index (Phi) is 9.45. The number of hydrogen-bond donors (Lipinski definition) is 4. The maximum Gasteiger partial charge on any atom is 0.264 e. The lowest BCUT2D eigenvalue weighted by Crippen LogP contribution is -2.16. The summed E-state index contributed by atoms with van der Waals surface area (Å²) in [7, 11) is -7.65. The number of nitrogen functional groups attached to an aromatic ring is 1. The molecule has 0 atom stereocenters. The van der Waals surface area contributed by atoms with Gasteiger partial charge in [0.1, 0.15) is 5.82 Å². The van der Waals surface area contributed by atoms with E-state index in [0.717, 1.165) is 11.3 Å². The standard InChI is InChI=1S/C19H13FN4O3S2.C12H10N4O2S2/c20-14-6-2-1-4-12(14)18(25)23-15-7-8-16(13-5-3-9-21-17(13)15)29(26,27)24-19-22-10-11-28-19;13-9-3-4-10(8-2-1-5-14-11(8)9)20(17,18)16-12-15-6-7-19-12/h1-11H,(H,22,24)(H,23,25);1-7H,13H2,(H,15,16). The fraction of sp³-hybridized carbons (Fsp3) is 0. The average Bonchev–Trinajstić information content (AvgIpc) is 3.80. The molecule has 4 heterocycles. The van der Waals surface area contributed by atoms with Gasteiger partial charge in [0.15, 0.2) is 10.3 Å². The fourth-order valence-electron chi connectivity index (χ4n) is 4.61. The quantitative estimate of drug-likeness (QED) is 0.135. The van der Waals surface area contributed by atoms with Crippen LogP contribution in [0.3, 0.4) is 0 Å². The van der Waals surface area contributed by atoms with Gasteiger partial charge in [0, 0.05) is 46.3 Å². The molecule has 5 N–H and O–H groups in total. The minimum absolute atomic E-state index is 0.0142. The summed E-state index contributed by atoms with van der Waals surface area (Å²) >= 11 is 2.36. The summed E-state index contributed by atoms with van der Waals surface area (Å²) < 4.78 is 69.2. The lowest BCUT2D eigenvalue weighted by Gasteiger charge is -2.12. The minimum Gasteiger partial charge on any atom is -0.397 e. The number of benzene rings is 3. The number of amides is 1. The first-order valence-corrected chi connectivity index (χ1v) is 18.7. The highest BCUT2D eigenvalue weighted by Crippen LogP contribution is 2.30. The van der Waals surface area contributed by atoms with E-state index >= 15 is 0 Å². The third-order valence-electron chi connectivity index (χ3n) is 6.74. The minimum atomic E-state index is -3.93. The number of nitrogens with two attached hydrogens (primary N) is 1. The van der Waals surface area contributed by atoms with Gasteiger partial charge in [-0.05, 0) is 60.7 Å². The molecule has 0 fully saturated rings. The molecule has 7 aromatic rings. The molecule has 3 aromatic carbocycles. The van der Waals surface area contributed by atoms with Crippen molar-refractivity contribution in [2.75, 3.05) is 20.5 Å². The molecule has 7 rings (SSSR count). The first-order chi connectivity index (χ1) is 23.5. The van der Waals surface area contributed by atoms with Crippen LogP contribution in [0.25, 0.3) is 21.8 Å². The van der Waals surface area contributed by atoms with E-state index in [0.29, 0.717) is 27.1 Å². The van der Waals surface area contributed by atoms with Gasteiger partial charge in [-0.25, -0.2) is 31.2 Å². The van der Waals surface area contributed by atoms with Crippen LogP contribution in [0.1, 0.15) is 10.4 Å². The van der Waals surface area contributed by atoms with E-state index < -0.39 is 31.8 Å². The van der Waals surface area contributed by atoms with Crippen molar-refractivity contribution in [2.45, 2.75) is 9.79 Å². The van der Waals surface area contributed by atoms with Crippen LogP contribution < -0.4 is 20.5 Å². The van der Waals surface area contributed by atoms with E-state index in [-0.39, 0.29) is 31.7 Å². The molecular formula is C31H23FN8O5S4. The number of carbonyl (C=O) groups is 1. The average molecular weight is 735 g/mol. The zero-order valence-electron chi connectivity index (χ0n) is 24.8. The molecule has 0 saturated heterocycles. The molecule has 13 nitrogen and oxygen atoms in total. The third kappa shape index (κ3) is 7.31. The number of sulfonamides is 2. The summed E-state index contributed by atoms with van der Waals surface area (Å²) in [6.45, 7) is 0. The Bertz CT molecular complexity index is 2520. The molecule has 0 spiro atoms. The van der Waals surface area contributed by atoms with Gasteiger partial charge in [-0.1, -0.05) is 12.1 Å². The van der Waals surface area contributed by atoms with Crippen LogP contribution in [0.15, 0.2) is 118 Å². The number of rotatable bonds is 8. The van der Waals surface area contributed by atoms with Crippen LogP contribution in [-0.2, 0) is 20.0 Å². The zero-order chi connectivity index (χ0) is 34.6. The fourth-order valence-corrected chi connectivity index (χ4v) is 8.58. The molecule has 0 aliphatic carbocycles. The summed E-state index contributed by atoms with van der Waals surface area (Å²) in [5, 5.41) is 7.29. The molecule has 49 heavy (non-hydrogen) atoms. The Labute approximate surface area is 286 Å². The van der Waals surface area contributed by atoms with Gasteiger partial charge in [0.2, 0.25) is 0 Å². The Balaban J connectivity index is 0.000000182. The van der Waals surface area contributed by atoms with Crippen molar-refractivity contribution >= 4 is 92.1 Å². The molecule has 0 unspecified atom stereocenters. The second-order valence-corrected chi connectivity index (χ2v) is 15.0. The van der Waals surface area contributed by atoms with Gasteiger partial charge >= 0.3 is 0 Å². The molecule has 0 saturated carbocycles. The number of thiazole rings is 2. The molecule has 248 valence electrons. The van der Waals surface area contributed by atoms with Crippen LogP contribution in [0.5, 0.6) is 0 Å². The Morgan fingerprint density at radius 2 is 1.20 bits per heavy atom. The van der Waals surface area contributed by atoms with E-state index in [1.54, 1.807) is 47.3 Å². The maximum atomic E-state index is 13.9. The number of nitrogens with zero attached hydrogens (tertiary/aromatic N) is 4. The van der Waals surface area contributed by atoms with Gasteiger partial charge in [0.05, 0.1) is 37.8 Å². The van der Waals surface area contributed by atoms with Crippen molar-refractivity contribution in [3.63, 3.8) is 0 Å². The van der Waals surface area contributed by atoms with Crippen molar-refractivity contribution in [3.05, 3.63) is 120 Å². The SMILES string of the molecule is Nc1ccc(S(=O)(=O)Nc2nccs2)c2cccnc12.O=C(Nc1ccc(S(=O)(=O)Nc2nccs2)c2cccnc12)c1ccccc1F. The van der Waals surface area contributed by atoms with Crippen LogP contribution in [0, 0.1) is 5.82 Å². The van der Waals surface area contributed by atoms with Crippen LogP contribution in [-0.4, -0.2) is 42.7 Å². The van der Waals surface area contributed by atoms with Crippen molar-refractivity contribution in [3.8, 4) is 0 Å². The Morgan fingerprint density at radius 1 is 0.653 bits per heavy atom. The van der Waals surface area contributed by atoms with Gasteiger partial charge < -0.3 is 11.1 Å². The molecule has 0 aliphatic heterocycles. The van der Waals surface area contributed by atoms with Crippen molar-refractivity contribution in [1.29, 1.82) is 0 Å². The van der Waals surface area contributed by atoms with E-state index in [1.807, 2.05) is 0 Å². The van der Waals surface area contributed by atoms with Crippen LogP contribution >= 0.6 is 22.7 Å². The number of carbonyl (C=O) groups excluding carboxylic acids is 1. The first kappa shape index (κ1) is 33.3. The molecule has 0 aliphatic rings. The summed E-state index contributed by atoms with van der Waals surface area (Å²) in [5.74, 6) is -1.32. The maximum absolute atomic E-state index is 13.9. The summed E-state index contributed by atoms with van der Waals surface area (Å²) in [6.07, 6.45) is 6.07. The Hall–Kier alpha value is -5.56. The van der Waals surface area contributed by atoms with Crippen molar-refractivity contribution in [1.82, 2.24) is 19.9 Å². The lowest BCUT2D eigenvalue weighted by molar-refractivity contribution is 0.102. The number of hydrogen-bond acceptors (Lipinski definition) is 12. The normalized spacial score (nSPS) is 11.4. The highest BCUT2D eigenvalue weighted by atomic mass is 32.2. The molecule has 1 amide bonds. The number of aromatic nitrogens is 4. The zero-order valence-corrected chi connectivity index (χ0v) is 28.1. The number of fused-ring (bicyclic) bond motifs is 2. The smallest absolute Gasteiger partial charge is 0.264 e. The van der Waals surface area contributed by atoms with E-state index in [4.69, 9.17) is 5.73 Å². The molecule has 0 bridgehead atoms. The summed E-state index contributed by atoms with van der Waals surface area (Å²) in [4.78, 5) is 28.7. The van der Waals surface area contributed by atoms with Gasteiger partial charge in [-0.2, -0.15) is 0 Å². The van der Waals surface area contributed by atoms with Crippen LogP contribution in [0.2, 0.25) is 0 Å². The topological polar surface area (TPSA) is 199 Å². The van der Waals surface area contributed by atoms with Gasteiger partial charge in [-0.3, -0.25) is 24.2 Å². The van der Waals surface area contributed by atoms with E-state index in [9.17, 15) is 26.0 Å². The van der Waals surface area contributed by atoms with Crippen molar-refractivity contribution in [2.24, 2.45) is 0 Å². The first-order valence-electron chi connectivity index (χ1n) is 13.9. The molecule has 4 aromatic heterocycles. The van der Waals surface area contributed by atoms with E-state index in [2.05, 4.69) is 34.7 Å². The highest BCUT2D eigenvalue weighted by Gasteiger charge is 2.22. The second-order valence-electron chi connectivity index (χ2n) is 9.88. The summed E-state index contributed by atoms with van der Waals surface area (Å²) in [5.41, 5.74) is 7.12. The number of halogens is 1. The number of pyridine rings is 2. The Morgan fingerprint density at radius 3 is 1.78 bits per heavy atom. The van der Waals surface area contributed by atoms with Gasteiger partial charge in [0.25, 0.3) is 26.0 Å². The highest BCUT2D eigenvalue weighted by molar-refractivity contribution is 7.93. The number of anilines is 4. The molecular weight excluding hydrogens is 712 g/mol. The summed E-state index contributed by atoms with van der Waals surface area (Å²) in [6, 6.07) is 17.9. The van der Waals surface area contributed by atoms with Crippen molar-refractivity contribution < 1.29 is 26.0 Å². The predicted molar refractivity (Wildman–Crippen MR) is 188 cm³/mol. The molecule has 0 radical (unpaired) electrons. The van der Waals surface area contributed by atoms with E-state index in [1.165, 1.54) is 72.4 Å². The second kappa shape index (κ2) is 13.9. The lowest BCUT2D eigenvalue weighted by atomic mass is 10.1. The van der Waals surface area contributed by atoms with Crippen LogP contribution in [0.4, 0.5) is 26.0 Å².